The number of hydrogen-bond donors (Lipinski definition) is 2. The lowest BCUT2D eigenvalue weighted by molar-refractivity contribution is -0.118. The SMILES string of the molecule is CCC1(C)CC1C(=O)Nc1cccc(-n2ncc(C(=O)O)c2C)c1. The molecule has 1 aromatic heterocycles. The van der Waals surface area contributed by atoms with Crippen LogP contribution in [0.4, 0.5) is 5.69 Å². The summed E-state index contributed by atoms with van der Waals surface area (Å²) >= 11 is 0. The van der Waals surface area contributed by atoms with E-state index in [1.807, 2.05) is 18.2 Å². The first-order valence-electron chi connectivity index (χ1n) is 8.05. The summed E-state index contributed by atoms with van der Waals surface area (Å²) in [7, 11) is 0. The summed E-state index contributed by atoms with van der Waals surface area (Å²) in [4.78, 5) is 23.5. The van der Waals surface area contributed by atoms with E-state index in [0.29, 0.717) is 17.1 Å². The predicted molar refractivity (Wildman–Crippen MR) is 90.4 cm³/mol. The first kappa shape index (κ1) is 16.2. The number of nitrogens with one attached hydrogen (secondary N) is 1. The lowest BCUT2D eigenvalue weighted by atomic mass is 10.0. The van der Waals surface area contributed by atoms with E-state index in [9.17, 15) is 9.59 Å². The molecule has 2 N–H and O–H groups in total. The highest BCUT2D eigenvalue weighted by Crippen LogP contribution is 2.55. The van der Waals surface area contributed by atoms with Gasteiger partial charge in [0.25, 0.3) is 0 Å². The quantitative estimate of drug-likeness (QED) is 0.883. The molecule has 0 saturated heterocycles. The second-order valence-corrected chi connectivity index (χ2v) is 6.66. The zero-order valence-corrected chi connectivity index (χ0v) is 14.0. The predicted octanol–water partition coefficient (Wildman–Crippen LogP) is 3.25. The minimum absolute atomic E-state index is 0.0416. The van der Waals surface area contributed by atoms with Crippen molar-refractivity contribution in [3.05, 3.63) is 41.7 Å². The van der Waals surface area contributed by atoms with E-state index >= 15 is 0 Å². The summed E-state index contributed by atoms with van der Waals surface area (Å²) in [5.41, 5.74) is 2.24. The number of aromatic carboxylic acids is 1. The molecule has 2 unspecified atom stereocenters. The lowest BCUT2D eigenvalue weighted by Gasteiger charge is -2.10. The second-order valence-electron chi connectivity index (χ2n) is 6.66. The fraction of sp³-hybridized carbons (Fsp3) is 0.389. The molecule has 0 bridgehead atoms. The molecular weight excluding hydrogens is 306 g/mol. The zero-order valence-electron chi connectivity index (χ0n) is 14.0. The highest BCUT2D eigenvalue weighted by molar-refractivity contribution is 5.95. The van der Waals surface area contributed by atoms with Crippen LogP contribution < -0.4 is 5.32 Å². The van der Waals surface area contributed by atoms with E-state index in [1.54, 1.807) is 17.7 Å². The molecule has 0 aliphatic heterocycles. The van der Waals surface area contributed by atoms with Gasteiger partial charge in [-0.3, -0.25) is 4.79 Å². The molecule has 2 atom stereocenters. The van der Waals surface area contributed by atoms with Crippen LogP contribution in [0.2, 0.25) is 0 Å². The normalized spacial score (nSPS) is 22.2. The van der Waals surface area contributed by atoms with Gasteiger partial charge in [-0.15, -0.1) is 0 Å². The fourth-order valence-corrected chi connectivity index (χ4v) is 3.03. The van der Waals surface area contributed by atoms with E-state index in [2.05, 4.69) is 24.3 Å². The van der Waals surface area contributed by atoms with E-state index in [4.69, 9.17) is 5.11 Å². The number of carboxylic acids is 1. The maximum absolute atomic E-state index is 12.3. The first-order chi connectivity index (χ1) is 11.4. The number of hydrogen-bond acceptors (Lipinski definition) is 3. The number of amides is 1. The summed E-state index contributed by atoms with van der Waals surface area (Å²) in [5.74, 6) is -0.896. The van der Waals surface area contributed by atoms with Gasteiger partial charge in [-0.2, -0.15) is 5.10 Å². The van der Waals surface area contributed by atoms with Gasteiger partial charge in [0.05, 0.1) is 17.6 Å². The number of anilines is 1. The lowest BCUT2D eigenvalue weighted by Crippen LogP contribution is -2.17. The molecule has 126 valence electrons. The average Bonchev–Trinajstić information content (AvgIpc) is 3.08. The molecule has 1 amide bonds. The minimum atomic E-state index is -1.00. The number of rotatable bonds is 5. The molecule has 1 aromatic carbocycles. The van der Waals surface area contributed by atoms with Crippen LogP contribution >= 0.6 is 0 Å². The Labute approximate surface area is 140 Å². The Morgan fingerprint density at radius 2 is 2.21 bits per heavy atom. The molecule has 1 heterocycles. The van der Waals surface area contributed by atoms with Gasteiger partial charge < -0.3 is 10.4 Å². The van der Waals surface area contributed by atoms with Crippen molar-refractivity contribution in [2.45, 2.75) is 33.6 Å². The minimum Gasteiger partial charge on any atom is -0.478 e. The van der Waals surface area contributed by atoms with E-state index < -0.39 is 5.97 Å². The molecule has 1 saturated carbocycles. The third-order valence-electron chi connectivity index (χ3n) is 5.07. The summed E-state index contributed by atoms with van der Waals surface area (Å²) in [6.07, 6.45) is 3.25. The fourth-order valence-electron chi connectivity index (χ4n) is 3.03. The van der Waals surface area contributed by atoms with E-state index in [1.165, 1.54) is 6.20 Å². The van der Waals surface area contributed by atoms with Crippen molar-refractivity contribution >= 4 is 17.6 Å². The van der Waals surface area contributed by atoms with Gasteiger partial charge in [0.15, 0.2) is 0 Å². The van der Waals surface area contributed by atoms with Crippen LogP contribution in [0, 0.1) is 18.3 Å². The van der Waals surface area contributed by atoms with E-state index in [0.717, 1.165) is 12.8 Å². The average molecular weight is 327 g/mol. The molecule has 6 nitrogen and oxygen atoms in total. The van der Waals surface area contributed by atoms with Crippen LogP contribution in [-0.2, 0) is 4.79 Å². The third-order valence-corrected chi connectivity index (χ3v) is 5.07. The Hall–Kier alpha value is -2.63. The standard InChI is InChI=1S/C18H21N3O3/c1-4-18(3)9-15(18)16(22)20-12-6-5-7-13(8-12)21-11(2)14(10-19-21)17(23)24/h5-8,10,15H,4,9H2,1-3H3,(H,20,22)(H,23,24). The highest BCUT2D eigenvalue weighted by atomic mass is 16.4. The van der Waals surface area contributed by atoms with Crippen LogP contribution in [0.3, 0.4) is 0 Å². The van der Waals surface area contributed by atoms with Gasteiger partial charge >= 0.3 is 5.97 Å². The molecular formula is C18H21N3O3. The third kappa shape index (κ3) is 2.79. The second kappa shape index (κ2) is 5.78. The Balaban J connectivity index is 1.80. The molecule has 1 aliphatic rings. The maximum Gasteiger partial charge on any atom is 0.339 e. The van der Waals surface area contributed by atoms with Crippen molar-refractivity contribution < 1.29 is 14.7 Å². The van der Waals surface area contributed by atoms with Crippen LogP contribution in [0.1, 0.15) is 42.7 Å². The molecule has 1 aliphatic carbocycles. The summed E-state index contributed by atoms with van der Waals surface area (Å²) in [6.45, 7) is 5.95. The molecule has 24 heavy (non-hydrogen) atoms. The Morgan fingerprint density at radius 1 is 1.46 bits per heavy atom. The van der Waals surface area contributed by atoms with Gasteiger partial charge in [-0.25, -0.2) is 9.48 Å². The summed E-state index contributed by atoms with van der Waals surface area (Å²) in [5, 5.41) is 16.2. The Bertz CT molecular complexity index is 812. The summed E-state index contributed by atoms with van der Waals surface area (Å²) in [6, 6.07) is 7.27. The van der Waals surface area contributed by atoms with Crippen molar-refractivity contribution in [3.8, 4) is 5.69 Å². The monoisotopic (exact) mass is 327 g/mol. The topological polar surface area (TPSA) is 84.2 Å². The molecule has 1 fully saturated rings. The summed E-state index contributed by atoms with van der Waals surface area (Å²) < 4.78 is 1.56. The number of carbonyl (C=O) groups is 2. The van der Waals surface area contributed by atoms with Gasteiger partial charge in [0.2, 0.25) is 5.91 Å². The van der Waals surface area contributed by atoms with Gasteiger partial charge in [0, 0.05) is 11.6 Å². The van der Waals surface area contributed by atoms with Crippen molar-refractivity contribution in [1.82, 2.24) is 9.78 Å². The van der Waals surface area contributed by atoms with Crippen LogP contribution in [0.15, 0.2) is 30.5 Å². The number of nitrogens with zero attached hydrogens (tertiary/aromatic N) is 2. The zero-order chi connectivity index (χ0) is 17.5. The first-order valence-corrected chi connectivity index (χ1v) is 8.05. The van der Waals surface area contributed by atoms with Gasteiger partial charge in [0.1, 0.15) is 5.56 Å². The van der Waals surface area contributed by atoms with Crippen molar-refractivity contribution in [1.29, 1.82) is 0 Å². The molecule has 3 rings (SSSR count). The number of carboxylic acid groups (broad SMARTS) is 1. The van der Waals surface area contributed by atoms with Crippen LogP contribution in [-0.4, -0.2) is 26.8 Å². The Morgan fingerprint density at radius 3 is 2.79 bits per heavy atom. The number of benzene rings is 1. The van der Waals surface area contributed by atoms with Crippen LogP contribution in [0.25, 0.3) is 5.69 Å². The van der Waals surface area contributed by atoms with Crippen LogP contribution in [0.5, 0.6) is 0 Å². The highest BCUT2D eigenvalue weighted by Gasteiger charge is 2.52. The van der Waals surface area contributed by atoms with Crippen molar-refractivity contribution in [2.75, 3.05) is 5.32 Å². The number of carbonyl (C=O) groups excluding carboxylic acids is 1. The number of aromatic nitrogens is 2. The van der Waals surface area contributed by atoms with Crippen molar-refractivity contribution in [2.24, 2.45) is 11.3 Å². The Kier molecular flexibility index (Phi) is 3.91. The molecule has 0 spiro atoms. The van der Waals surface area contributed by atoms with Gasteiger partial charge in [-0.1, -0.05) is 19.9 Å². The van der Waals surface area contributed by atoms with Gasteiger partial charge in [-0.05, 0) is 43.4 Å². The largest absolute Gasteiger partial charge is 0.478 e. The van der Waals surface area contributed by atoms with E-state index in [-0.39, 0.29) is 22.8 Å². The molecule has 6 heteroatoms. The smallest absolute Gasteiger partial charge is 0.339 e. The maximum atomic E-state index is 12.3. The molecule has 2 aromatic rings. The van der Waals surface area contributed by atoms with Crippen molar-refractivity contribution in [3.63, 3.8) is 0 Å². The molecule has 0 radical (unpaired) electrons.